The molecule has 0 saturated heterocycles. The van der Waals surface area contributed by atoms with E-state index >= 15 is 0 Å². The molecule has 0 rings (SSSR count). The number of hydrogen-bond acceptors (Lipinski definition) is 4. The van der Waals surface area contributed by atoms with Crippen LogP contribution in [0.25, 0.3) is 0 Å². The van der Waals surface area contributed by atoms with Crippen LogP contribution in [0.2, 0.25) is 6.04 Å². The third kappa shape index (κ3) is 17.3. The molecule has 0 radical (unpaired) electrons. The number of carbonyl (C=O) groups is 1. The van der Waals surface area contributed by atoms with Crippen LogP contribution in [-0.4, -0.2) is 41.1 Å². The molecule has 0 aromatic carbocycles. The summed E-state index contributed by atoms with van der Waals surface area (Å²) in [5, 5.41) is 0. The van der Waals surface area contributed by atoms with Crippen LogP contribution in [0.3, 0.4) is 0 Å². The van der Waals surface area contributed by atoms with Crippen LogP contribution in [0.4, 0.5) is 0 Å². The quantitative estimate of drug-likeness (QED) is 0.118. The van der Waals surface area contributed by atoms with Crippen molar-refractivity contribution in [1.82, 2.24) is 0 Å². The fourth-order valence-corrected chi connectivity index (χ4v) is 3.54. The lowest BCUT2D eigenvalue weighted by Gasteiger charge is -2.18. The fraction of sp³-hybridized carbons (Fsp3) is 0.950. The van der Waals surface area contributed by atoms with E-state index in [4.69, 9.17) is 25.5 Å². The van der Waals surface area contributed by atoms with E-state index in [0.717, 1.165) is 31.7 Å². The van der Waals surface area contributed by atoms with Crippen LogP contribution in [-0.2, 0) is 18.7 Å². The van der Waals surface area contributed by atoms with Crippen LogP contribution in [0.1, 0.15) is 90.9 Å². The van der Waals surface area contributed by atoms with Crippen LogP contribution in [0.5, 0.6) is 0 Å². The van der Waals surface area contributed by atoms with E-state index in [1.165, 1.54) is 51.4 Å². The zero-order valence-electron chi connectivity index (χ0n) is 17.1. The predicted octanol–water partition coefficient (Wildman–Crippen LogP) is 5.35. The van der Waals surface area contributed by atoms with Crippen molar-refractivity contribution in [1.29, 1.82) is 0 Å². The Kier molecular flexibility index (Phi) is 21.1. The lowest BCUT2D eigenvalue weighted by molar-refractivity contribution is -0.187. The minimum Gasteiger partial charge on any atom is -0.521 e. The molecule has 0 unspecified atom stereocenters. The van der Waals surface area contributed by atoms with Gasteiger partial charge in [-0.05, 0) is 18.9 Å². The summed E-state index contributed by atoms with van der Waals surface area (Å²) in [6.07, 6.45) is 13.5. The van der Waals surface area contributed by atoms with E-state index in [2.05, 4.69) is 13.8 Å². The van der Waals surface area contributed by atoms with E-state index in [1.54, 1.807) is 0 Å². The summed E-state index contributed by atoms with van der Waals surface area (Å²) in [6.45, 7) is 5.54. The molecule has 0 aromatic rings. The van der Waals surface area contributed by atoms with Gasteiger partial charge in [0.25, 0.3) is 6.29 Å². The maximum Gasteiger partial charge on any atom is 0.349 e. The first kappa shape index (κ1) is 25.9. The topological polar surface area (TPSA) is 44.8 Å². The molecule has 0 spiro atoms. The molecule has 0 aliphatic heterocycles. The average Bonchev–Trinajstić information content (AvgIpc) is 2.65. The Labute approximate surface area is 168 Å². The molecule has 0 fully saturated rings. The number of alkyl halides is 1. The molecule has 0 aliphatic rings. The van der Waals surface area contributed by atoms with E-state index in [9.17, 15) is 4.79 Å². The van der Waals surface area contributed by atoms with Gasteiger partial charge in [-0.15, -0.1) is 11.6 Å². The smallest absolute Gasteiger partial charge is 0.349 e. The molecule has 0 N–H and O–H groups in total. The van der Waals surface area contributed by atoms with Gasteiger partial charge in [-0.25, -0.2) is 4.79 Å². The molecule has 0 atom stereocenters. The normalized spacial score (nSPS) is 11.7. The Morgan fingerprint density at radius 2 is 1.27 bits per heavy atom. The van der Waals surface area contributed by atoms with E-state index in [1.807, 2.05) is 0 Å². The monoisotopic (exact) mass is 408 g/mol. The van der Waals surface area contributed by atoms with Gasteiger partial charge in [0, 0.05) is 5.88 Å². The first-order chi connectivity index (χ1) is 12.8. The highest BCUT2D eigenvalue weighted by Gasteiger charge is 2.21. The standard InChI is InChI=1S/C20H41ClO4Si/c1-3-5-7-9-11-13-16-23-20(19(22)25-26-18-15-21)24-17-14-12-10-8-6-4-2/h20H,3-18,26H2,1-2H3. The largest absolute Gasteiger partial charge is 0.521 e. The lowest BCUT2D eigenvalue weighted by Crippen LogP contribution is -2.31. The van der Waals surface area contributed by atoms with Gasteiger partial charge in [-0.1, -0.05) is 78.1 Å². The van der Waals surface area contributed by atoms with Gasteiger partial charge in [0.1, 0.15) is 0 Å². The maximum atomic E-state index is 12.1. The highest BCUT2D eigenvalue weighted by Crippen LogP contribution is 2.09. The summed E-state index contributed by atoms with van der Waals surface area (Å²) >= 11 is 5.65. The predicted molar refractivity (Wildman–Crippen MR) is 113 cm³/mol. The van der Waals surface area contributed by atoms with Crippen molar-refractivity contribution >= 4 is 27.3 Å². The SMILES string of the molecule is CCCCCCCCOC(OCCCCCCCC)C(=O)O[SiH2]CCCl. The van der Waals surface area contributed by atoms with Gasteiger partial charge >= 0.3 is 5.97 Å². The summed E-state index contributed by atoms with van der Waals surface area (Å²) in [5.41, 5.74) is 0. The summed E-state index contributed by atoms with van der Waals surface area (Å²) in [4.78, 5) is 12.1. The Bertz CT molecular complexity index is 288. The second kappa shape index (κ2) is 21.2. The van der Waals surface area contributed by atoms with E-state index in [0.29, 0.717) is 19.1 Å². The van der Waals surface area contributed by atoms with Gasteiger partial charge in [0.2, 0.25) is 9.76 Å². The van der Waals surface area contributed by atoms with Crippen LogP contribution in [0.15, 0.2) is 0 Å². The van der Waals surface area contributed by atoms with Gasteiger partial charge in [-0.2, -0.15) is 0 Å². The third-order valence-corrected chi connectivity index (χ3v) is 6.10. The van der Waals surface area contributed by atoms with Crippen LogP contribution in [0, 0.1) is 0 Å². The third-order valence-electron chi connectivity index (χ3n) is 4.25. The molecule has 0 amide bonds. The second-order valence-electron chi connectivity index (χ2n) is 6.82. The van der Waals surface area contributed by atoms with Crippen LogP contribution >= 0.6 is 11.6 Å². The number of ether oxygens (including phenoxy) is 2. The Morgan fingerprint density at radius 1 is 0.808 bits per heavy atom. The minimum absolute atomic E-state index is 0.362. The molecular formula is C20H41ClO4Si. The van der Waals surface area contributed by atoms with Crippen molar-refractivity contribution in [2.75, 3.05) is 19.1 Å². The summed E-state index contributed by atoms with van der Waals surface area (Å²) < 4.78 is 16.7. The molecule has 0 aliphatic carbocycles. The average molecular weight is 409 g/mol. The van der Waals surface area contributed by atoms with Crippen molar-refractivity contribution in [3.63, 3.8) is 0 Å². The summed E-state index contributed by atoms with van der Waals surface area (Å²) in [5.74, 6) is 0.181. The summed E-state index contributed by atoms with van der Waals surface area (Å²) in [6, 6.07) is 0.787. The first-order valence-electron chi connectivity index (χ1n) is 10.7. The van der Waals surface area contributed by atoms with Crippen molar-refractivity contribution in [3.05, 3.63) is 0 Å². The van der Waals surface area contributed by atoms with Gasteiger partial charge in [0.15, 0.2) is 0 Å². The molecule has 0 aromatic heterocycles. The van der Waals surface area contributed by atoms with Crippen molar-refractivity contribution in [2.24, 2.45) is 0 Å². The number of rotatable bonds is 20. The molecule has 156 valence electrons. The van der Waals surface area contributed by atoms with Gasteiger partial charge in [0.05, 0.1) is 13.2 Å². The number of hydrogen-bond donors (Lipinski definition) is 0. The Morgan fingerprint density at radius 3 is 1.73 bits per heavy atom. The number of halogens is 1. The molecule has 0 bridgehead atoms. The molecule has 4 nitrogen and oxygen atoms in total. The van der Waals surface area contributed by atoms with Gasteiger partial charge in [-0.3, -0.25) is 0 Å². The Balaban J connectivity index is 3.95. The molecular weight excluding hydrogens is 368 g/mol. The van der Waals surface area contributed by atoms with Crippen molar-refractivity contribution in [2.45, 2.75) is 103 Å². The molecule has 0 heterocycles. The highest BCUT2D eigenvalue weighted by atomic mass is 35.5. The fourth-order valence-electron chi connectivity index (χ4n) is 2.63. The molecule has 6 heteroatoms. The Hall–Kier alpha value is -0.103. The zero-order chi connectivity index (χ0) is 19.3. The molecule has 26 heavy (non-hydrogen) atoms. The maximum absolute atomic E-state index is 12.1. The van der Waals surface area contributed by atoms with Crippen LogP contribution < -0.4 is 0 Å². The lowest BCUT2D eigenvalue weighted by atomic mass is 10.1. The minimum atomic E-state index is -0.906. The van der Waals surface area contributed by atoms with Crippen molar-refractivity contribution < 1.29 is 18.7 Å². The van der Waals surface area contributed by atoms with Crippen molar-refractivity contribution in [3.8, 4) is 0 Å². The number of carbonyl (C=O) groups excluding carboxylic acids is 1. The first-order valence-corrected chi connectivity index (χ1v) is 12.8. The summed E-state index contributed by atoms with van der Waals surface area (Å²) in [7, 11) is -0.906. The second-order valence-corrected chi connectivity index (χ2v) is 8.60. The van der Waals surface area contributed by atoms with E-state index < -0.39 is 16.1 Å². The molecule has 0 saturated carbocycles. The zero-order valence-corrected chi connectivity index (χ0v) is 19.3. The van der Waals surface area contributed by atoms with Gasteiger partial charge < -0.3 is 13.9 Å². The highest BCUT2D eigenvalue weighted by molar-refractivity contribution is 6.33. The number of unbranched alkanes of at least 4 members (excludes halogenated alkanes) is 10. The van der Waals surface area contributed by atoms with E-state index in [-0.39, 0.29) is 5.97 Å².